The zero-order chi connectivity index (χ0) is 28.3. The van der Waals surface area contributed by atoms with Crippen LogP contribution < -0.4 is 5.32 Å². The summed E-state index contributed by atoms with van der Waals surface area (Å²) < 4.78 is 10.7. The van der Waals surface area contributed by atoms with Crippen molar-refractivity contribution in [1.29, 1.82) is 0 Å². The Morgan fingerprint density at radius 3 is 2.54 bits per heavy atom. The predicted molar refractivity (Wildman–Crippen MR) is 153 cm³/mol. The molecule has 0 aromatic rings. The lowest BCUT2D eigenvalue weighted by Gasteiger charge is -2.46. The molecule has 39 heavy (non-hydrogen) atoms. The Kier molecular flexibility index (Phi) is 9.60. The fourth-order valence-corrected chi connectivity index (χ4v) is 7.70. The monoisotopic (exact) mass is 578 g/mol. The smallest absolute Gasteiger partial charge is 0.410 e. The van der Waals surface area contributed by atoms with Crippen molar-refractivity contribution in [3.05, 3.63) is 35.9 Å². The average molecular weight is 579 g/mol. The quantitative estimate of drug-likeness (QED) is 0.173. The zero-order valence-electron chi connectivity index (χ0n) is 22.5. The molecule has 4 heterocycles. The molecule has 1 unspecified atom stereocenters. The number of amides is 2. The van der Waals surface area contributed by atoms with E-state index >= 15 is 0 Å². The first-order chi connectivity index (χ1) is 18.7. The molecule has 2 amide bonds. The van der Waals surface area contributed by atoms with Gasteiger partial charge in [0.05, 0.1) is 24.1 Å². The third-order valence-corrected chi connectivity index (χ3v) is 9.64. The number of β-lactam (4-membered cyclic amide) rings is 1. The SMILES string of the molecule is C=CCOC(=O)C1=C(S[C@H]2C[C@@H](CNC(=S)N3CCCC3)N(C(=O)OCC=C)C2)[C@H](C)[C@@H]2C([C@@H](C)O)C(=O)N12. The fourth-order valence-electron chi connectivity index (χ4n) is 5.88. The van der Waals surface area contributed by atoms with Gasteiger partial charge in [0.1, 0.15) is 18.9 Å². The summed E-state index contributed by atoms with van der Waals surface area (Å²) in [5.74, 6) is -1.60. The van der Waals surface area contributed by atoms with E-state index in [1.807, 2.05) is 6.92 Å². The molecule has 3 fully saturated rings. The van der Waals surface area contributed by atoms with Crippen molar-refractivity contribution in [2.75, 3.05) is 39.4 Å². The first-order valence-corrected chi connectivity index (χ1v) is 14.7. The second kappa shape index (κ2) is 12.7. The Bertz CT molecular complexity index is 1040. The molecule has 2 N–H and O–H groups in total. The van der Waals surface area contributed by atoms with Gasteiger partial charge in [-0.3, -0.25) is 4.79 Å². The third kappa shape index (κ3) is 5.97. The molecule has 214 valence electrons. The van der Waals surface area contributed by atoms with Gasteiger partial charge in [-0.15, -0.1) is 11.8 Å². The summed E-state index contributed by atoms with van der Waals surface area (Å²) in [7, 11) is 0. The van der Waals surface area contributed by atoms with Crippen LogP contribution in [-0.4, -0.2) is 106 Å². The van der Waals surface area contributed by atoms with E-state index in [-0.39, 0.29) is 48.1 Å². The molecule has 0 saturated carbocycles. The number of nitrogens with one attached hydrogen (secondary N) is 1. The van der Waals surface area contributed by atoms with Gasteiger partial charge in [-0.25, -0.2) is 9.59 Å². The van der Waals surface area contributed by atoms with Crippen molar-refractivity contribution in [2.45, 2.75) is 56.5 Å². The second-order valence-electron chi connectivity index (χ2n) is 10.4. The molecule has 0 aliphatic carbocycles. The summed E-state index contributed by atoms with van der Waals surface area (Å²) in [6.45, 7) is 13.7. The molecule has 3 saturated heterocycles. The number of nitrogens with zero attached hydrogens (tertiary/aromatic N) is 3. The second-order valence-corrected chi connectivity index (χ2v) is 12.1. The number of fused-ring (bicyclic) bond motifs is 1. The zero-order valence-corrected chi connectivity index (χ0v) is 24.2. The number of hydrogen-bond acceptors (Lipinski definition) is 8. The topological polar surface area (TPSA) is 112 Å². The summed E-state index contributed by atoms with van der Waals surface area (Å²) in [6, 6.07) is -0.477. The number of rotatable bonds is 10. The molecule has 0 bridgehead atoms. The van der Waals surface area contributed by atoms with Gasteiger partial charge in [0, 0.05) is 42.3 Å². The number of hydrogen-bond donors (Lipinski definition) is 2. The molecule has 0 aromatic heterocycles. The number of aliphatic hydroxyl groups excluding tert-OH is 1. The Morgan fingerprint density at radius 1 is 1.23 bits per heavy atom. The largest absolute Gasteiger partial charge is 0.457 e. The van der Waals surface area contributed by atoms with Crippen LogP contribution in [-0.2, 0) is 19.1 Å². The molecule has 6 atom stereocenters. The first kappa shape index (κ1) is 29.4. The maximum absolute atomic E-state index is 13.1. The summed E-state index contributed by atoms with van der Waals surface area (Å²) in [4.78, 5) is 45.0. The Hall–Kier alpha value is -2.57. The Balaban J connectivity index is 1.52. The van der Waals surface area contributed by atoms with Crippen LogP contribution in [0.3, 0.4) is 0 Å². The summed E-state index contributed by atoms with van der Waals surface area (Å²) in [5, 5.41) is 14.2. The van der Waals surface area contributed by atoms with E-state index in [1.165, 1.54) is 28.8 Å². The highest BCUT2D eigenvalue weighted by Crippen LogP contribution is 2.52. The number of esters is 1. The van der Waals surface area contributed by atoms with Crippen LogP contribution in [0.4, 0.5) is 4.79 Å². The van der Waals surface area contributed by atoms with Crippen LogP contribution in [0, 0.1) is 11.8 Å². The van der Waals surface area contributed by atoms with Gasteiger partial charge in [0.2, 0.25) is 5.91 Å². The van der Waals surface area contributed by atoms with E-state index in [4.69, 9.17) is 21.7 Å². The third-order valence-electron chi connectivity index (χ3n) is 7.75. The van der Waals surface area contributed by atoms with Gasteiger partial charge < -0.3 is 34.6 Å². The van der Waals surface area contributed by atoms with Gasteiger partial charge in [-0.05, 0) is 38.4 Å². The summed E-state index contributed by atoms with van der Waals surface area (Å²) in [5.41, 5.74) is 0.235. The van der Waals surface area contributed by atoms with E-state index < -0.39 is 24.1 Å². The van der Waals surface area contributed by atoms with Crippen molar-refractivity contribution < 1.29 is 29.0 Å². The molecule has 10 nitrogen and oxygen atoms in total. The minimum absolute atomic E-state index is 0.0260. The first-order valence-electron chi connectivity index (χ1n) is 13.5. The highest BCUT2D eigenvalue weighted by Gasteiger charge is 2.60. The lowest BCUT2D eigenvalue weighted by molar-refractivity contribution is -0.164. The van der Waals surface area contributed by atoms with Crippen molar-refractivity contribution in [2.24, 2.45) is 11.8 Å². The summed E-state index contributed by atoms with van der Waals surface area (Å²) >= 11 is 7.08. The number of aliphatic hydroxyl groups is 1. The van der Waals surface area contributed by atoms with Crippen molar-refractivity contribution in [1.82, 2.24) is 20.0 Å². The number of likely N-dealkylation sites (tertiary alicyclic amines) is 2. The van der Waals surface area contributed by atoms with Crippen LogP contribution in [0.25, 0.3) is 0 Å². The van der Waals surface area contributed by atoms with Crippen LogP contribution in [0.1, 0.15) is 33.1 Å². The van der Waals surface area contributed by atoms with Crippen LogP contribution in [0.5, 0.6) is 0 Å². The minimum atomic E-state index is -0.826. The lowest BCUT2D eigenvalue weighted by Crippen LogP contribution is -2.63. The van der Waals surface area contributed by atoms with Crippen molar-refractivity contribution >= 4 is 47.1 Å². The Morgan fingerprint density at radius 2 is 1.90 bits per heavy atom. The standard InChI is InChI=1S/C27H38N4O6S2/c1-5-11-36-25(34)22-23(16(3)21-20(17(4)32)24(33)31(21)22)39-19-13-18(30(15-19)27(35)37-12-6-2)14-28-26(38)29-9-7-8-10-29/h5-6,16-21,32H,1-2,7-15H2,3-4H3,(H,28,38)/t16-,17-,18+,19+,20?,21-/m1/s1. The number of carbonyl (C=O) groups excluding carboxylic acids is 3. The van der Waals surface area contributed by atoms with E-state index in [0.717, 1.165) is 30.8 Å². The molecule has 12 heteroatoms. The molecule has 0 aromatic carbocycles. The van der Waals surface area contributed by atoms with Gasteiger partial charge in [-0.2, -0.15) is 0 Å². The van der Waals surface area contributed by atoms with Crippen molar-refractivity contribution in [3.8, 4) is 0 Å². The normalized spacial score (nSPS) is 28.6. The van der Waals surface area contributed by atoms with Gasteiger partial charge in [-0.1, -0.05) is 32.2 Å². The maximum atomic E-state index is 13.1. The van der Waals surface area contributed by atoms with E-state index in [2.05, 4.69) is 23.4 Å². The molecular weight excluding hydrogens is 540 g/mol. The maximum Gasteiger partial charge on any atom is 0.410 e. The van der Waals surface area contributed by atoms with Gasteiger partial charge >= 0.3 is 12.1 Å². The minimum Gasteiger partial charge on any atom is -0.457 e. The molecule has 0 radical (unpaired) electrons. The highest BCUT2D eigenvalue weighted by atomic mass is 32.2. The number of carbonyl (C=O) groups is 3. The van der Waals surface area contributed by atoms with Crippen LogP contribution in [0.2, 0.25) is 0 Å². The molecule has 4 aliphatic heterocycles. The van der Waals surface area contributed by atoms with E-state index in [0.29, 0.717) is 24.6 Å². The lowest BCUT2D eigenvalue weighted by atomic mass is 9.79. The Labute approximate surface area is 239 Å². The number of ether oxygens (including phenoxy) is 2. The molecule has 4 rings (SSSR count). The molecule has 4 aliphatic rings. The van der Waals surface area contributed by atoms with E-state index in [9.17, 15) is 19.5 Å². The number of thioether (sulfide) groups is 1. The fraction of sp³-hybridized carbons (Fsp3) is 0.630. The highest BCUT2D eigenvalue weighted by molar-refractivity contribution is 8.03. The van der Waals surface area contributed by atoms with Crippen LogP contribution >= 0.6 is 24.0 Å². The van der Waals surface area contributed by atoms with Crippen molar-refractivity contribution in [3.63, 3.8) is 0 Å². The molecular formula is C27H38N4O6S2. The van der Waals surface area contributed by atoms with Crippen LogP contribution in [0.15, 0.2) is 35.9 Å². The van der Waals surface area contributed by atoms with E-state index in [1.54, 1.807) is 11.8 Å². The predicted octanol–water partition coefficient (Wildman–Crippen LogP) is 2.25. The molecule has 0 spiro atoms. The summed E-state index contributed by atoms with van der Waals surface area (Å²) in [6.07, 6.45) is 4.63. The average Bonchev–Trinajstić information content (AvgIpc) is 3.63. The van der Waals surface area contributed by atoms with Gasteiger partial charge in [0.25, 0.3) is 0 Å². The number of thiocarbonyl (C=S) groups is 1. The van der Waals surface area contributed by atoms with Gasteiger partial charge in [0.15, 0.2) is 5.11 Å².